The van der Waals surface area contributed by atoms with E-state index in [1.54, 1.807) is 30.3 Å². The molecular formula is C31H34N2O4. The van der Waals surface area contributed by atoms with Crippen LogP contribution in [-0.2, 0) is 17.8 Å². The van der Waals surface area contributed by atoms with Gasteiger partial charge in [0.05, 0.1) is 17.7 Å². The normalized spacial score (nSPS) is 11.6. The van der Waals surface area contributed by atoms with Crippen molar-refractivity contribution in [2.24, 2.45) is 5.92 Å². The van der Waals surface area contributed by atoms with Crippen molar-refractivity contribution in [1.82, 2.24) is 5.32 Å². The number of hydrogen-bond donors (Lipinski definition) is 2. The van der Waals surface area contributed by atoms with Crippen LogP contribution >= 0.6 is 0 Å². The van der Waals surface area contributed by atoms with Gasteiger partial charge in [0.1, 0.15) is 12.4 Å². The van der Waals surface area contributed by atoms with Crippen LogP contribution < -0.4 is 10.1 Å². The molecule has 6 nitrogen and oxygen atoms in total. The van der Waals surface area contributed by atoms with Crippen molar-refractivity contribution in [3.63, 3.8) is 0 Å². The highest BCUT2D eigenvalue weighted by Crippen LogP contribution is 2.26. The standard InChI is InChI=1S/C31H34N2O4/c1-20(2)13-29(26-15-21(3)14-22(4)16-26)33-31(36)28-17-27(11-9-23(28)10-12-30(34)35)37-19-25-8-6-5-7-24(25)18-32/h5-9,11,14-17,20,29H,10,12-13,19H2,1-4H3,(H,33,36)(H,34,35). The summed E-state index contributed by atoms with van der Waals surface area (Å²) in [4.78, 5) is 24.9. The second-order valence-corrected chi connectivity index (χ2v) is 9.85. The summed E-state index contributed by atoms with van der Waals surface area (Å²) < 4.78 is 5.94. The molecule has 2 N–H and O–H groups in total. The van der Waals surface area contributed by atoms with Gasteiger partial charge in [-0.3, -0.25) is 9.59 Å². The molecule has 1 unspecified atom stereocenters. The highest BCUT2D eigenvalue weighted by atomic mass is 16.5. The fourth-order valence-electron chi connectivity index (χ4n) is 4.43. The fraction of sp³-hybridized carbons (Fsp3) is 0.323. The number of nitrogens with zero attached hydrogens (tertiary/aromatic N) is 1. The summed E-state index contributed by atoms with van der Waals surface area (Å²) in [5, 5.41) is 21.8. The Morgan fingerprint density at radius 1 is 1.00 bits per heavy atom. The zero-order valence-electron chi connectivity index (χ0n) is 21.9. The van der Waals surface area contributed by atoms with Gasteiger partial charge < -0.3 is 15.2 Å². The third kappa shape index (κ3) is 7.94. The highest BCUT2D eigenvalue weighted by molar-refractivity contribution is 5.96. The van der Waals surface area contributed by atoms with Crippen LogP contribution in [0.25, 0.3) is 0 Å². The number of carbonyl (C=O) groups is 2. The lowest BCUT2D eigenvalue weighted by molar-refractivity contribution is -0.136. The van der Waals surface area contributed by atoms with Crippen molar-refractivity contribution in [1.29, 1.82) is 5.26 Å². The summed E-state index contributed by atoms with van der Waals surface area (Å²) in [6, 6.07) is 20.6. The van der Waals surface area contributed by atoms with Crippen LogP contribution in [0.15, 0.2) is 60.7 Å². The molecule has 1 atom stereocenters. The number of nitriles is 1. The molecule has 0 aliphatic rings. The van der Waals surface area contributed by atoms with Crippen LogP contribution in [0.1, 0.15) is 76.5 Å². The van der Waals surface area contributed by atoms with Gasteiger partial charge >= 0.3 is 5.97 Å². The largest absolute Gasteiger partial charge is 0.489 e. The number of carboxylic acids is 1. The number of aliphatic carboxylic acids is 1. The van der Waals surface area contributed by atoms with Gasteiger partial charge in [0.2, 0.25) is 0 Å². The summed E-state index contributed by atoms with van der Waals surface area (Å²) >= 11 is 0. The molecular weight excluding hydrogens is 464 g/mol. The van der Waals surface area contributed by atoms with Crippen LogP contribution in [0.5, 0.6) is 5.75 Å². The molecule has 37 heavy (non-hydrogen) atoms. The molecule has 3 rings (SSSR count). The summed E-state index contributed by atoms with van der Waals surface area (Å²) in [7, 11) is 0. The molecule has 0 bridgehead atoms. The summed E-state index contributed by atoms with van der Waals surface area (Å²) in [6.07, 6.45) is 0.913. The number of carboxylic acid groups (broad SMARTS) is 1. The van der Waals surface area contributed by atoms with Crippen molar-refractivity contribution in [3.05, 3.63) is 99.6 Å². The van der Waals surface area contributed by atoms with Crippen molar-refractivity contribution >= 4 is 11.9 Å². The summed E-state index contributed by atoms with van der Waals surface area (Å²) in [6.45, 7) is 8.50. The molecule has 0 aliphatic heterocycles. The molecule has 3 aromatic carbocycles. The number of ether oxygens (including phenoxy) is 1. The second kappa shape index (κ2) is 12.7. The molecule has 3 aromatic rings. The smallest absolute Gasteiger partial charge is 0.303 e. The molecule has 0 heterocycles. The van der Waals surface area contributed by atoms with E-state index in [9.17, 15) is 20.0 Å². The number of hydrogen-bond acceptors (Lipinski definition) is 4. The quantitative estimate of drug-likeness (QED) is 0.324. The first-order valence-corrected chi connectivity index (χ1v) is 12.5. The minimum atomic E-state index is -0.923. The average molecular weight is 499 g/mol. The molecule has 0 saturated heterocycles. The van der Waals surface area contributed by atoms with Gasteiger partial charge in [-0.05, 0) is 61.9 Å². The first-order chi connectivity index (χ1) is 17.7. The highest BCUT2D eigenvalue weighted by Gasteiger charge is 2.21. The number of nitrogens with one attached hydrogen (secondary N) is 1. The van der Waals surface area contributed by atoms with E-state index in [0.29, 0.717) is 28.4 Å². The Morgan fingerprint density at radius 2 is 1.70 bits per heavy atom. The van der Waals surface area contributed by atoms with Crippen molar-refractivity contribution in [2.45, 2.75) is 59.6 Å². The minimum absolute atomic E-state index is 0.0808. The second-order valence-electron chi connectivity index (χ2n) is 9.85. The van der Waals surface area contributed by atoms with Crippen LogP contribution in [0.3, 0.4) is 0 Å². The van der Waals surface area contributed by atoms with Gasteiger partial charge in [-0.15, -0.1) is 0 Å². The maximum atomic E-state index is 13.6. The topological polar surface area (TPSA) is 99.4 Å². The van der Waals surface area contributed by atoms with Gasteiger partial charge in [-0.2, -0.15) is 5.26 Å². The predicted molar refractivity (Wildman–Crippen MR) is 143 cm³/mol. The van der Waals surface area contributed by atoms with Crippen LogP contribution in [0.4, 0.5) is 0 Å². The minimum Gasteiger partial charge on any atom is -0.489 e. The van der Waals surface area contributed by atoms with Gasteiger partial charge in [-0.1, -0.05) is 67.4 Å². The zero-order valence-corrected chi connectivity index (χ0v) is 21.9. The summed E-state index contributed by atoms with van der Waals surface area (Å²) in [5.74, 6) is -0.364. The molecule has 0 radical (unpaired) electrons. The lowest BCUT2D eigenvalue weighted by Gasteiger charge is -2.23. The van der Waals surface area contributed by atoms with E-state index in [1.165, 1.54) is 0 Å². The number of amides is 1. The third-order valence-electron chi connectivity index (χ3n) is 6.13. The number of rotatable bonds is 11. The fourth-order valence-corrected chi connectivity index (χ4v) is 4.43. The van der Waals surface area contributed by atoms with Crippen molar-refractivity contribution in [3.8, 4) is 11.8 Å². The Morgan fingerprint density at radius 3 is 2.35 bits per heavy atom. The van der Waals surface area contributed by atoms with E-state index in [1.807, 2.05) is 26.0 Å². The average Bonchev–Trinajstić information content (AvgIpc) is 2.85. The van der Waals surface area contributed by atoms with E-state index in [-0.39, 0.29) is 31.4 Å². The maximum Gasteiger partial charge on any atom is 0.303 e. The van der Waals surface area contributed by atoms with E-state index in [0.717, 1.165) is 28.7 Å². The first-order valence-electron chi connectivity index (χ1n) is 12.5. The number of benzene rings is 3. The molecule has 0 saturated carbocycles. The number of aryl methyl sites for hydroxylation is 3. The van der Waals surface area contributed by atoms with Gasteiger partial charge in [-0.25, -0.2) is 0 Å². The van der Waals surface area contributed by atoms with Crippen LogP contribution in [-0.4, -0.2) is 17.0 Å². The van der Waals surface area contributed by atoms with E-state index in [4.69, 9.17) is 4.74 Å². The maximum absolute atomic E-state index is 13.6. The van der Waals surface area contributed by atoms with E-state index in [2.05, 4.69) is 43.4 Å². The van der Waals surface area contributed by atoms with Crippen LogP contribution in [0, 0.1) is 31.1 Å². The Kier molecular flexibility index (Phi) is 9.45. The lowest BCUT2D eigenvalue weighted by atomic mass is 9.93. The Hall–Kier alpha value is -4.11. The molecule has 0 fully saturated rings. The van der Waals surface area contributed by atoms with Crippen molar-refractivity contribution < 1.29 is 19.4 Å². The van der Waals surface area contributed by atoms with E-state index < -0.39 is 5.97 Å². The number of carbonyl (C=O) groups excluding carboxylic acids is 1. The third-order valence-corrected chi connectivity index (χ3v) is 6.13. The Bertz CT molecular complexity index is 1290. The molecule has 6 heteroatoms. The molecule has 0 spiro atoms. The predicted octanol–water partition coefficient (Wildman–Crippen LogP) is 6.29. The van der Waals surface area contributed by atoms with Gasteiger partial charge in [0.15, 0.2) is 0 Å². The summed E-state index contributed by atoms with van der Waals surface area (Å²) in [5.41, 5.74) is 5.63. The first kappa shape index (κ1) is 27.5. The molecule has 1 amide bonds. The van der Waals surface area contributed by atoms with Crippen LogP contribution in [0.2, 0.25) is 0 Å². The SMILES string of the molecule is Cc1cc(C)cc(C(CC(C)C)NC(=O)c2cc(OCc3ccccc3C#N)ccc2CCC(=O)O)c1. The van der Waals surface area contributed by atoms with Gasteiger partial charge in [0.25, 0.3) is 5.91 Å². The molecule has 0 aliphatic carbocycles. The Balaban J connectivity index is 1.90. The van der Waals surface area contributed by atoms with Crippen molar-refractivity contribution in [2.75, 3.05) is 0 Å². The monoisotopic (exact) mass is 498 g/mol. The lowest BCUT2D eigenvalue weighted by Crippen LogP contribution is -2.30. The zero-order chi connectivity index (χ0) is 26.9. The van der Waals surface area contributed by atoms with E-state index >= 15 is 0 Å². The molecule has 0 aromatic heterocycles. The molecule has 192 valence electrons. The van der Waals surface area contributed by atoms with Gasteiger partial charge in [0, 0.05) is 17.5 Å². The Labute approximate surface area is 218 Å².